The predicted molar refractivity (Wildman–Crippen MR) is 164 cm³/mol. The molecule has 0 unspecified atom stereocenters. The molecule has 1 atom stereocenters. The van der Waals surface area contributed by atoms with Crippen molar-refractivity contribution in [1.82, 2.24) is 10.2 Å². The summed E-state index contributed by atoms with van der Waals surface area (Å²) in [6.45, 7) is 5.03. The number of nitrogens with zero attached hydrogens (tertiary/aromatic N) is 2. The first-order valence-corrected chi connectivity index (χ1v) is 15.9. The van der Waals surface area contributed by atoms with Crippen LogP contribution in [0.25, 0.3) is 0 Å². The van der Waals surface area contributed by atoms with E-state index in [2.05, 4.69) is 5.32 Å². The van der Waals surface area contributed by atoms with Gasteiger partial charge in [-0.05, 0) is 86.7 Å². The van der Waals surface area contributed by atoms with Crippen LogP contribution in [0.1, 0.15) is 49.3 Å². The van der Waals surface area contributed by atoms with E-state index in [9.17, 15) is 18.0 Å². The van der Waals surface area contributed by atoms with Gasteiger partial charge < -0.3 is 10.2 Å². The van der Waals surface area contributed by atoms with E-state index in [-0.39, 0.29) is 23.4 Å². The third-order valence-electron chi connectivity index (χ3n) is 7.59. The van der Waals surface area contributed by atoms with Crippen molar-refractivity contribution in [2.75, 3.05) is 10.8 Å². The molecule has 1 aliphatic carbocycles. The highest BCUT2D eigenvalue weighted by molar-refractivity contribution is 7.92. The zero-order valence-corrected chi connectivity index (χ0v) is 25.8. The maximum atomic E-state index is 14.1. The Hall–Kier alpha value is -3.07. The van der Waals surface area contributed by atoms with Crippen molar-refractivity contribution in [3.05, 3.63) is 93.5 Å². The molecule has 0 aliphatic heterocycles. The Morgan fingerprint density at radius 3 is 2.24 bits per heavy atom. The molecule has 0 radical (unpaired) electrons. The molecule has 1 aliphatic rings. The summed E-state index contributed by atoms with van der Waals surface area (Å²) in [4.78, 5) is 28.9. The van der Waals surface area contributed by atoms with Gasteiger partial charge in [-0.1, -0.05) is 66.4 Å². The predicted octanol–water partition coefficient (Wildman–Crippen LogP) is 6.28. The number of hydrogen-bond acceptors (Lipinski definition) is 4. The van der Waals surface area contributed by atoms with E-state index in [4.69, 9.17) is 23.2 Å². The highest BCUT2D eigenvalue weighted by Gasteiger charge is 2.33. The Balaban J connectivity index is 1.70. The van der Waals surface area contributed by atoms with Crippen molar-refractivity contribution < 1.29 is 18.0 Å². The third-order valence-corrected chi connectivity index (χ3v) is 10.1. The minimum absolute atomic E-state index is 0.0428. The van der Waals surface area contributed by atoms with E-state index in [1.807, 2.05) is 19.9 Å². The van der Waals surface area contributed by atoms with Crippen LogP contribution in [0, 0.1) is 13.8 Å². The normalized spacial score (nSPS) is 14.5. The van der Waals surface area contributed by atoms with Crippen molar-refractivity contribution >= 4 is 50.7 Å². The van der Waals surface area contributed by atoms with Crippen molar-refractivity contribution in [2.24, 2.45) is 0 Å². The lowest BCUT2D eigenvalue weighted by Crippen LogP contribution is -2.52. The van der Waals surface area contributed by atoms with Gasteiger partial charge in [-0.15, -0.1) is 0 Å². The summed E-state index contributed by atoms with van der Waals surface area (Å²) in [6.07, 6.45) is 3.89. The van der Waals surface area contributed by atoms with Crippen LogP contribution < -0.4 is 9.62 Å². The van der Waals surface area contributed by atoms with Gasteiger partial charge in [-0.2, -0.15) is 0 Å². The van der Waals surface area contributed by atoms with Gasteiger partial charge in [0.25, 0.3) is 10.0 Å². The average Bonchev–Trinajstić information content (AvgIpc) is 3.46. The topological polar surface area (TPSA) is 86.8 Å². The number of halogens is 2. The monoisotopic (exact) mass is 615 g/mol. The van der Waals surface area contributed by atoms with Crippen LogP contribution in [0.3, 0.4) is 0 Å². The van der Waals surface area contributed by atoms with E-state index in [0.29, 0.717) is 21.3 Å². The van der Waals surface area contributed by atoms with Crippen LogP contribution in [0.15, 0.2) is 71.6 Å². The number of sulfonamides is 1. The molecule has 3 aromatic rings. The molecule has 3 aromatic carbocycles. The molecule has 7 nitrogen and oxygen atoms in total. The molecule has 4 rings (SSSR count). The number of nitrogens with one attached hydrogen (secondary N) is 1. The molecule has 10 heteroatoms. The molecule has 1 saturated carbocycles. The number of aryl methyl sites for hydroxylation is 2. The summed E-state index contributed by atoms with van der Waals surface area (Å²) in [5.41, 5.74) is 2.91. The van der Waals surface area contributed by atoms with Gasteiger partial charge in [0.2, 0.25) is 11.8 Å². The minimum Gasteiger partial charge on any atom is -0.352 e. The molecule has 1 fully saturated rings. The molecule has 1 N–H and O–H groups in total. The van der Waals surface area contributed by atoms with Crippen LogP contribution in [0.2, 0.25) is 10.0 Å². The van der Waals surface area contributed by atoms with Crippen molar-refractivity contribution in [2.45, 2.75) is 70.0 Å². The van der Waals surface area contributed by atoms with Gasteiger partial charge in [0, 0.05) is 12.6 Å². The smallest absolute Gasteiger partial charge is 0.264 e. The van der Waals surface area contributed by atoms with Crippen LogP contribution in [0.4, 0.5) is 5.69 Å². The zero-order chi connectivity index (χ0) is 29.7. The lowest BCUT2D eigenvalue weighted by Gasteiger charge is -2.32. The molecule has 0 spiro atoms. The van der Waals surface area contributed by atoms with Crippen LogP contribution >= 0.6 is 23.2 Å². The average molecular weight is 617 g/mol. The maximum absolute atomic E-state index is 14.1. The Morgan fingerprint density at radius 1 is 0.927 bits per heavy atom. The van der Waals surface area contributed by atoms with Crippen molar-refractivity contribution in [3.8, 4) is 0 Å². The highest BCUT2D eigenvalue weighted by Crippen LogP contribution is 2.28. The number of rotatable bonds is 10. The van der Waals surface area contributed by atoms with Crippen LogP contribution in [0.5, 0.6) is 0 Å². The summed E-state index contributed by atoms with van der Waals surface area (Å²) in [5, 5.41) is 3.76. The van der Waals surface area contributed by atoms with Gasteiger partial charge in [-0.25, -0.2) is 8.42 Å². The molecule has 0 aromatic heterocycles. The molecule has 0 bridgehead atoms. The van der Waals surface area contributed by atoms with Gasteiger partial charge in [0.15, 0.2) is 0 Å². The van der Waals surface area contributed by atoms with E-state index < -0.39 is 28.5 Å². The van der Waals surface area contributed by atoms with E-state index >= 15 is 0 Å². The largest absolute Gasteiger partial charge is 0.352 e. The number of anilines is 1. The number of benzene rings is 3. The maximum Gasteiger partial charge on any atom is 0.264 e. The number of carbonyl (C=O) groups is 2. The molecule has 0 heterocycles. The zero-order valence-electron chi connectivity index (χ0n) is 23.4. The van der Waals surface area contributed by atoms with E-state index in [1.165, 1.54) is 17.0 Å². The van der Waals surface area contributed by atoms with E-state index in [1.54, 1.807) is 55.5 Å². The first-order valence-electron chi connectivity index (χ1n) is 13.7. The third kappa shape index (κ3) is 7.42. The fraction of sp³-hybridized carbons (Fsp3) is 0.355. The fourth-order valence-electron chi connectivity index (χ4n) is 4.94. The van der Waals surface area contributed by atoms with Gasteiger partial charge in [-0.3, -0.25) is 13.9 Å². The Morgan fingerprint density at radius 2 is 1.61 bits per heavy atom. The van der Waals surface area contributed by atoms with Crippen LogP contribution in [-0.2, 0) is 26.2 Å². The summed E-state index contributed by atoms with van der Waals surface area (Å²) in [7, 11) is -4.12. The number of hydrogen-bond donors (Lipinski definition) is 1. The molecule has 2 amide bonds. The van der Waals surface area contributed by atoms with Gasteiger partial charge in [0.1, 0.15) is 12.6 Å². The lowest BCUT2D eigenvalue weighted by molar-refractivity contribution is -0.139. The van der Waals surface area contributed by atoms with Crippen molar-refractivity contribution in [1.29, 1.82) is 0 Å². The Labute approximate surface area is 252 Å². The second kappa shape index (κ2) is 13.3. The molecule has 0 saturated heterocycles. The lowest BCUT2D eigenvalue weighted by atomic mass is 10.1. The first-order chi connectivity index (χ1) is 19.5. The number of amides is 2. The summed E-state index contributed by atoms with van der Waals surface area (Å²) in [5.74, 6) is -0.808. The highest BCUT2D eigenvalue weighted by atomic mass is 35.5. The van der Waals surface area contributed by atoms with Gasteiger partial charge in [0.05, 0.1) is 20.6 Å². The summed E-state index contributed by atoms with van der Waals surface area (Å²) in [6, 6.07) is 17.5. The standard InChI is InChI=1S/C31H35Cl2N3O4S/c1-21-13-15-26(17-22(21)2)36(41(39,40)27-11-5-4-6-12-27)20-30(37)35(19-24-14-16-28(32)29(33)18-24)23(3)31(38)34-25-9-7-8-10-25/h4-6,11-18,23,25H,7-10,19-20H2,1-3H3,(H,34,38)/t23-/m0/s1. The summed E-state index contributed by atoms with van der Waals surface area (Å²) >= 11 is 12.4. The fourth-order valence-corrected chi connectivity index (χ4v) is 6.69. The second-order valence-corrected chi connectivity index (χ2v) is 13.2. The minimum atomic E-state index is -4.12. The SMILES string of the molecule is Cc1ccc(N(CC(=O)N(Cc2ccc(Cl)c(Cl)c2)[C@@H](C)C(=O)NC2CCCC2)S(=O)(=O)c2ccccc2)cc1C. The Bertz CT molecular complexity index is 1510. The number of carbonyl (C=O) groups excluding carboxylic acids is 2. The van der Waals surface area contributed by atoms with Crippen molar-refractivity contribution in [3.63, 3.8) is 0 Å². The summed E-state index contributed by atoms with van der Waals surface area (Å²) < 4.78 is 28.9. The van der Waals surface area contributed by atoms with E-state index in [0.717, 1.165) is 41.1 Å². The first kappa shape index (κ1) is 30.9. The quantitative estimate of drug-likeness (QED) is 0.291. The molecule has 41 heavy (non-hydrogen) atoms. The second-order valence-electron chi connectivity index (χ2n) is 10.5. The molecular formula is C31H35Cl2N3O4S. The van der Waals surface area contributed by atoms with Gasteiger partial charge >= 0.3 is 0 Å². The molecular weight excluding hydrogens is 581 g/mol. The van der Waals surface area contributed by atoms with Crippen LogP contribution in [-0.4, -0.2) is 43.8 Å². The Kier molecular flexibility index (Phi) is 10.00. The molecule has 218 valence electrons.